The highest BCUT2D eigenvalue weighted by Gasteiger charge is 2.42. The Kier molecular flexibility index (Phi) is 5.11. The highest BCUT2D eigenvalue weighted by molar-refractivity contribution is 7.09. The molecular formula is C19H25N3O3S. The number of thiazole rings is 1. The van der Waals surface area contributed by atoms with Gasteiger partial charge in [-0.1, -0.05) is 0 Å². The fraction of sp³-hybridized carbons (Fsp3) is 0.579. The number of carbonyl (C=O) groups excluding carboxylic acids is 1. The Morgan fingerprint density at radius 2 is 2.27 bits per heavy atom. The van der Waals surface area contributed by atoms with Crippen LogP contribution in [0.2, 0.25) is 0 Å². The number of nitrogens with zero attached hydrogens (tertiary/aromatic N) is 2. The molecule has 1 amide bonds. The molecule has 0 saturated carbocycles. The number of nitrogens with one attached hydrogen (secondary N) is 1. The Bertz CT molecular complexity index is 735. The number of furan rings is 1. The Balaban J connectivity index is 1.23. The number of carbonyl (C=O) groups is 1. The second-order valence-electron chi connectivity index (χ2n) is 7.33. The van der Waals surface area contributed by atoms with Crippen LogP contribution in [0.1, 0.15) is 46.7 Å². The van der Waals surface area contributed by atoms with Crippen LogP contribution in [0.5, 0.6) is 0 Å². The lowest BCUT2D eigenvalue weighted by atomic mass is 9.88. The fourth-order valence-corrected chi connectivity index (χ4v) is 4.52. The average molecular weight is 375 g/mol. The first-order valence-corrected chi connectivity index (χ1v) is 10.1. The molecular weight excluding hydrogens is 350 g/mol. The van der Waals surface area contributed by atoms with E-state index in [1.807, 2.05) is 19.3 Å². The number of likely N-dealkylation sites (tertiary alicyclic amines) is 1. The quantitative estimate of drug-likeness (QED) is 0.870. The molecule has 0 radical (unpaired) electrons. The van der Waals surface area contributed by atoms with Gasteiger partial charge in [-0.05, 0) is 38.7 Å². The summed E-state index contributed by atoms with van der Waals surface area (Å²) >= 11 is 1.50. The molecule has 4 rings (SSSR count). The van der Waals surface area contributed by atoms with Crippen molar-refractivity contribution in [1.29, 1.82) is 0 Å². The molecule has 1 atom stereocenters. The zero-order valence-corrected chi connectivity index (χ0v) is 15.9. The van der Waals surface area contributed by atoms with Crippen LogP contribution >= 0.6 is 11.3 Å². The summed E-state index contributed by atoms with van der Waals surface area (Å²) in [5, 5.41) is 5.69. The number of hydrogen-bond donors (Lipinski definition) is 1. The minimum Gasteiger partial charge on any atom is -0.472 e. The number of hydrogen-bond acceptors (Lipinski definition) is 6. The summed E-state index contributed by atoms with van der Waals surface area (Å²) in [4.78, 5) is 18.8. The molecule has 0 aromatic carbocycles. The van der Waals surface area contributed by atoms with Crippen LogP contribution in [-0.4, -0.2) is 47.1 Å². The Labute approximate surface area is 157 Å². The van der Waals surface area contributed by atoms with Crippen molar-refractivity contribution in [3.8, 4) is 0 Å². The van der Waals surface area contributed by atoms with Crippen molar-refractivity contribution >= 4 is 17.2 Å². The van der Waals surface area contributed by atoms with E-state index in [1.165, 1.54) is 16.9 Å². The molecule has 140 valence electrons. The maximum absolute atomic E-state index is 12.1. The van der Waals surface area contributed by atoms with Gasteiger partial charge in [-0.25, -0.2) is 4.98 Å². The maximum Gasteiger partial charge on any atom is 0.270 e. The molecule has 1 N–H and O–H groups in total. The molecule has 6 nitrogen and oxygen atoms in total. The number of amides is 1. The summed E-state index contributed by atoms with van der Waals surface area (Å²) in [6.07, 6.45) is 7.87. The molecule has 4 heterocycles. The molecule has 7 heteroatoms. The second-order valence-corrected chi connectivity index (χ2v) is 8.39. The zero-order chi connectivity index (χ0) is 18.0. The third kappa shape index (κ3) is 4.00. The first-order valence-electron chi connectivity index (χ1n) is 9.23. The first-order chi connectivity index (χ1) is 12.6. The standard InChI is InChI=1S/C19H25N3O3S/c1-14-21-17(13-26-14)18(23)20-10-16-2-4-19(25-16)5-7-22(8-6-19)11-15-3-9-24-12-15/h3,9,12-13,16H,2,4-8,10-11H2,1H3,(H,20,23). The summed E-state index contributed by atoms with van der Waals surface area (Å²) < 4.78 is 11.5. The fourth-order valence-electron chi connectivity index (χ4n) is 3.93. The van der Waals surface area contributed by atoms with Crippen molar-refractivity contribution in [3.05, 3.63) is 40.2 Å². The first kappa shape index (κ1) is 17.7. The number of aryl methyl sites for hydroxylation is 1. The Morgan fingerprint density at radius 3 is 2.96 bits per heavy atom. The molecule has 1 unspecified atom stereocenters. The molecule has 0 aliphatic carbocycles. The van der Waals surface area contributed by atoms with Crippen molar-refractivity contribution in [3.63, 3.8) is 0 Å². The lowest BCUT2D eigenvalue weighted by Crippen LogP contribution is -2.44. The summed E-state index contributed by atoms with van der Waals surface area (Å²) in [7, 11) is 0. The predicted octanol–water partition coefficient (Wildman–Crippen LogP) is 2.99. The van der Waals surface area contributed by atoms with Gasteiger partial charge in [-0.2, -0.15) is 0 Å². The molecule has 2 saturated heterocycles. The molecule has 2 aliphatic heterocycles. The van der Waals surface area contributed by atoms with Crippen molar-refractivity contribution < 1.29 is 13.9 Å². The third-order valence-electron chi connectivity index (χ3n) is 5.43. The van der Waals surface area contributed by atoms with Crippen molar-refractivity contribution in [2.24, 2.45) is 0 Å². The van der Waals surface area contributed by atoms with Crippen LogP contribution in [-0.2, 0) is 11.3 Å². The van der Waals surface area contributed by atoms with Crippen LogP contribution < -0.4 is 5.32 Å². The average Bonchev–Trinajstić information content (AvgIpc) is 3.37. The smallest absolute Gasteiger partial charge is 0.270 e. The van der Waals surface area contributed by atoms with Gasteiger partial charge in [0.15, 0.2) is 0 Å². The molecule has 2 aromatic heterocycles. The van der Waals surface area contributed by atoms with Crippen LogP contribution in [0.15, 0.2) is 28.4 Å². The monoisotopic (exact) mass is 375 g/mol. The van der Waals surface area contributed by atoms with Crippen LogP contribution in [0.3, 0.4) is 0 Å². The van der Waals surface area contributed by atoms with E-state index < -0.39 is 0 Å². The Morgan fingerprint density at radius 1 is 1.42 bits per heavy atom. The molecule has 2 aliphatic rings. The zero-order valence-electron chi connectivity index (χ0n) is 15.1. The number of ether oxygens (including phenoxy) is 1. The van der Waals surface area contributed by atoms with Crippen LogP contribution in [0, 0.1) is 6.92 Å². The summed E-state index contributed by atoms with van der Waals surface area (Å²) in [6, 6.07) is 2.03. The van der Waals surface area contributed by atoms with Crippen LogP contribution in [0.25, 0.3) is 0 Å². The normalized spacial score (nSPS) is 22.7. The van der Waals surface area contributed by atoms with E-state index in [-0.39, 0.29) is 17.6 Å². The molecule has 0 bridgehead atoms. The van der Waals surface area contributed by atoms with E-state index in [1.54, 1.807) is 11.6 Å². The lowest BCUT2D eigenvalue weighted by molar-refractivity contribution is -0.0764. The van der Waals surface area contributed by atoms with E-state index in [4.69, 9.17) is 9.15 Å². The molecule has 2 fully saturated rings. The van der Waals surface area contributed by atoms with E-state index >= 15 is 0 Å². The van der Waals surface area contributed by atoms with Gasteiger partial charge in [0.1, 0.15) is 5.69 Å². The summed E-state index contributed by atoms with van der Waals surface area (Å²) in [5.74, 6) is -0.103. The minimum absolute atomic E-state index is 0.000487. The van der Waals surface area contributed by atoms with Crippen LogP contribution in [0.4, 0.5) is 0 Å². The largest absolute Gasteiger partial charge is 0.472 e. The minimum atomic E-state index is -0.103. The molecule has 2 aromatic rings. The summed E-state index contributed by atoms with van der Waals surface area (Å²) in [5.41, 5.74) is 1.73. The number of piperidine rings is 1. The predicted molar refractivity (Wildman–Crippen MR) is 99.2 cm³/mol. The van der Waals surface area contributed by atoms with Gasteiger partial charge in [-0.3, -0.25) is 9.69 Å². The SMILES string of the molecule is Cc1nc(C(=O)NCC2CCC3(CCN(Cc4ccoc4)CC3)O2)cs1. The van der Waals surface area contributed by atoms with Gasteiger partial charge in [0.25, 0.3) is 5.91 Å². The summed E-state index contributed by atoms with van der Waals surface area (Å²) in [6.45, 7) is 5.50. The van der Waals surface area contributed by atoms with Gasteiger partial charge in [0.2, 0.25) is 0 Å². The second kappa shape index (κ2) is 7.50. The van der Waals surface area contributed by atoms with Gasteiger partial charge in [-0.15, -0.1) is 11.3 Å². The lowest BCUT2D eigenvalue weighted by Gasteiger charge is -2.39. The van der Waals surface area contributed by atoms with E-state index in [2.05, 4.69) is 15.2 Å². The highest BCUT2D eigenvalue weighted by Crippen LogP contribution is 2.39. The van der Waals surface area contributed by atoms with Crippen molar-refractivity contribution in [1.82, 2.24) is 15.2 Å². The molecule has 26 heavy (non-hydrogen) atoms. The van der Waals surface area contributed by atoms with E-state index in [9.17, 15) is 4.79 Å². The van der Waals surface area contributed by atoms with Crippen molar-refractivity contribution in [2.45, 2.75) is 50.9 Å². The number of rotatable bonds is 5. The van der Waals surface area contributed by atoms with E-state index in [0.717, 1.165) is 50.3 Å². The number of aromatic nitrogens is 1. The third-order valence-corrected chi connectivity index (χ3v) is 6.21. The van der Waals surface area contributed by atoms with Crippen molar-refractivity contribution in [2.75, 3.05) is 19.6 Å². The topological polar surface area (TPSA) is 67.6 Å². The Hall–Kier alpha value is -1.70. The van der Waals surface area contributed by atoms with Gasteiger partial charge < -0.3 is 14.5 Å². The maximum atomic E-state index is 12.1. The van der Waals surface area contributed by atoms with Gasteiger partial charge in [0, 0.05) is 37.1 Å². The highest BCUT2D eigenvalue weighted by atomic mass is 32.1. The van der Waals surface area contributed by atoms with E-state index in [0.29, 0.717) is 12.2 Å². The molecule has 1 spiro atoms. The van der Waals surface area contributed by atoms with Gasteiger partial charge in [0.05, 0.1) is 29.2 Å². The van der Waals surface area contributed by atoms with Gasteiger partial charge >= 0.3 is 0 Å².